The number of H-pyrrole nitrogens is 1. The number of benzene rings is 1. The van der Waals surface area contributed by atoms with Gasteiger partial charge in [-0.1, -0.05) is 0 Å². The molecule has 0 saturated carbocycles. The van der Waals surface area contributed by atoms with Gasteiger partial charge in [-0.25, -0.2) is 9.97 Å². The Morgan fingerprint density at radius 2 is 1.76 bits per heavy atom. The van der Waals surface area contributed by atoms with E-state index in [1.807, 2.05) is 12.4 Å². The van der Waals surface area contributed by atoms with Crippen molar-refractivity contribution in [1.82, 2.24) is 19.9 Å². The molecule has 0 radical (unpaired) electrons. The number of nitrogens with zero attached hydrogens (tertiary/aromatic N) is 3. The molecule has 1 aromatic carbocycles. The van der Waals surface area contributed by atoms with Crippen molar-refractivity contribution in [2.45, 2.75) is 43.9 Å². The Morgan fingerprint density at radius 3 is 2.44 bits per heavy atom. The number of halogens is 3. The van der Waals surface area contributed by atoms with Gasteiger partial charge in [0.25, 0.3) is 5.91 Å². The molecule has 2 saturated heterocycles. The van der Waals surface area contributed by atoms with Crippen LogP contribution in [0.5, 0.6) is 5.75 Å². The summed E-state index contributed by atoms with van der Waals surface area (Å²) in [6, 6.07) is 5.05. The molecule has 1 N–H and O–H groups in total. The first-order valence-corrected chi connectivity index (χ1v) is 11.4. The number of hydrogen-bond acceptors (Lipinski definition) is 5. The van der Waals surface area contributed by atoms with Crippen LogP contribution in [0.2, 0.25) is 0 Å². The third kappa shape index (κ3) is 4.86. The summed E-state index contributed by atoms with van der Waals surface area (Å²) in [7, 11) is 0. The highest BCUT2D eigenvalue weighted by Crippen LogP contribution is 2.34. The van der Waals surface area contributed by atoms with Crippen molar-refractivity contribution in [2.75, 3.05) is 26.3 Å². The number of fused-ring (bicyclic) bond motifs is 1. The number of carbonyl (C=O) groups excluding carboxylic acids is 1. The van der Waals surface area contributed by atoms with Crippen molar-refractivity contribution >= 4 is 17.1 Å². The second kappa shape index (κ2) is 9.25. The van der Waals surface area contributed by atoms with Crippen LogP contribution in [0, 0.1) is 0 Å². The summed E-state index contributed by atoms with van der Waals surface area (Å²) in [6.07, 6.45) is 2.51. The Hall–Kier alpha value is -3.14. The number of nitrogens with one attached hydrogen (secondary N) is 1. The van der Waals surface area contributed by atoms with Gasteiger partial charge in [0.1, 0.15) is 11.3 Å². The number of likely N-dealkylation sites (tertiary alicyclic amines) is 1. The molecule has 3 aromatic rings. The minimum absolute atomic E-state index is 0.197. The average Bonchev–Trinajstić information content (AvgIpc) is 3.27. The van der Waals surface area contributed by atoms with Gasteiger partial charge in [0.05, 0.1) is 11.9 Å². The van der Waals surface area contributed by atoms with Crippen molar-refractivity contribution in [1.29, 1.82) is 0 Å². The van der Waals surface area contributed by atoms with Crippen LogP contribution in [-0.4, -0.2) is 58.4 Å². The first-order chi connectivity index (χ1) is 16.4. The molecule has 2 aliphatic heterocycles. The summed E-state index contributed by atoms with van der Waals surface area (Å²) in [5.41, 5.74) is 4.13. The third-order valence-corrected chi connectivity index (χ3v) is 6.63. The van der Waals surface area contributed by atoms with Gasteiger partial charge in [-0.05, 0) is 55.9 Å². The van der Waals surface area contributed by atoms with Gasteiger partial charge < -0.3 is 19.4 Å². The average molecular weight is 474 g/mol. The number of alkyl halides is 3. The van der Waals surface area contributed by atoms with Crippen LogP contribution >= 0.6 is 0 Å². The highest BCUT2D eigenvalue weighted by atomic mass is 19.4. The van der Waals surface area contributed by atoms with Crippen LogP contribution < -0.4 is 4.74 Å². The molecule has 0 unspecified atom stereocenters. The quantitative estimate of drug-likeness (QED) is 0.589. The molecule has 0 atom stereocenters. The topological polar surface area (TPSA) is 80.3 Å². The van der Waals surface area contributed by atoms with Gasteiger partial charge in [0.15, 0.2) is 5.65 Å². The van der Waals surface area contributed by atoms with Gasteiger partial charge in [0, 0.05) is 49.5 Å². The van der Waals surface area contributed by atoms with Crippen LogP contribution in [0.25, 0.3) is 11.2 Å². The highest BCUT2D eigenvalue weighted by Gasteiger charge is 2.31. The van der Waals surface area contributed by atoms with E-state index < -0.39 is 6.36 Å². The van der Waals surface area contributed by atoms with E-state index in [0.29, 0.717) is 24.6 Å². The standard InChI is InChI=1S/C24H25F3N4O3/c25-24(26,27)34-18-3-1-17(2-4-18)23(32)31-9-5-15(6-10-31)19-13-28-22-21(19)30-20(14-29-22)16-7-11-33-12-8-16/h1-4,13-16H,5-12H2,(H,28,29). The predicted octanol–water partition coefficient (Wildman–Crippen LogP) is 4.77. The van der Waals surface area contributed by atoms with Crippen molar-refractivity contribution < 1.29 is 27.4 Å². The highest BCUT2D eigenvalue weighted by molar-refractivity contribution is 5.94. The summed E-state index contributed by atoms with van der Waals surface area (Å²) in [5.74, 6) is 0.0706. The smallest absolute Gasteiger partial charge is 0.406 e. The van der Waals surface area contributed by atoms with E-state index in [1.54, 1.807) is 4.90 Å². The van der Waals surface area contributed by atoms with E-state index >= 15 is 0 Å². The van der Waals surface area contributed by atoms with Crippen molar-refractivity contribution in [2.24, 2.45) is 0 Å². The molecule has 7 nitrogen and oxygen atoms in total. The van der Waals surface area contributed by atoms with Gasteiger partial charge in [-0.3, -0.25) is 4.79 Å². The zero-order valence-electron chi connectivity index (χ0n) is 18.5. The number of amides is 1. The molecule has 180 valence electrons. The zero-order valence-corrected chi connectivity index (χ0v) is 18.5. The lowest BCUT2D eigenvalue weighted by atomic mass is 9.90. The molecule has 0 bridgehead atoms. The molecule has 0 aliphatic carbocycles. The monoisotopic (exact) mass is 474 g/mol. The fourth-order valence-corrected chi connectivity index (χ4v) is 4.80. The number of aromatic nitrogens is 3. The maximum absolute atomic E-state index is 12.8. The number of carbonyl (C=O) groups is 1. The van der Waals surface area contributed by atoms with Gasteiger partial charge in [-0.15, -0.1) is 13.2 Å². The van der Waals surface area contributed by atoms with Crippen molar-refractivity contribution in [3.63, 3.8) is 0 Å². The minimum Gasteiger partial charge on any atom is -0.406 e. The number of hydrogen-bond donors (Lipinski definition) is 1. The summed E-state index contributed by atoms with van der Waals surface area (Å²) in [6.45, 7) is 2.61. The van der Waals surface area contributed by atoms with E-state index in [4.69, 9.17) is 9.72 Å². The molecule has 10 heteroatoms. The molecule has 2 aliphatic rings. The maximum atomic E-state index is 12.8. The number of piperidine rings is 1. The van der Waals surface area contributed by atoms with Gasteiger partial charge in [0.2, 0.25) is 0 Å². The van der Waals surface area contributed by atoms with Crippen LogP contribution in [0.15, 0.2) is 36.7 Å². The van der Waals surface area contributed by atoms with Gasteiger partial charge >= 0.3 is 6.36 Å². The second-order valence-corrected chi connectivity index (χ2v) is 8.76. The maximum Gasteiger partial charge on any atom is 0.573 e. The normalized spacial score (nSPS) is 18.4. The minimum atomic E-state index is -4.76. The third-order valence-electron chi connectivity index (χ3n) is 6.63. The summed E-state index contributed by atoms with van der Waals surface area (Å²) in [5, 5.41) is 0. The number of rotatable bonds is 4. The van der Waals surface area contributed by atoms with Gasteiger partial charge in [-0.2, -0.15) is 0 Å². The largest absolute Gasteiger partial charge is 0.573 e. The number of ether oxygens (including phenoxy) is 2. The Balaban J connectivity index is 1.24. The number of aromatic amines is 1. The molecular weight excluding hydrogens is 449 g/mol. The predicted molar refractivity (Wildman–Crippen MR) is 118 cm³/mol. The van der Waals surface area contributed by atoms with E-state index in [9.17, 15) is 18.0 Å². The van der Waals surface area contributed by atoms with Crippen LogP contribution in [0.1, 0.15) is 59.1 Å². The summed E-state index contributed by atoms with van der Waals surface area (Å²) < 4.78 is 46.4. The summed E-state index contributed by atoms with van der Waals surface area (Å²) in [4.78, 5) is 27.3. The molecule has 0 spiro atoms. The van der Waals surface area contributed by atoms with E-state index in [-0.39, 0.29) is 17.6 Å². The Labute approximate surface area is 194 Å². The molecule has 2 fully saturated rings. The molecule has 2 aromatic heterocycles. The molecule has 4 heterocycles. The van der Waals surface area contributed by atoms with Crippen molar-refractivity contribution in [3.05, 3.63) is 53.5 Å². The van der Waals surface area contributed by atoms with Crippen LogP contribution in [0.4, 0.5) is 13.2 Å². The lowest BCUT2D eigenvalue weighted by Gasteiger charge is -2.32. The fraction of sp³-hybridized carbons (Fsp3) is 0.458. The molecule has 34 heavy (non-hydrogen) atoms. The van der Waals surface area contributed by atoms with E-state index in [1.165, 1.54) is 12.1 Å². The second-order valence-electron chi connectivity index (χ2n) is 8.76. The SMILES string of the molecule is O=C(c1ccc(OC(F)(F)F)cc1)N1CCC(c2c[nH]c3ncc(C4CCOCC4)nc23)CC1. The first-order valence-electron chi connectivity index (χ1n) is 11.4. The van der Waals surface area contributed by atoms with Crippen molar-refractivity contribution in [3.8, 4) is 5.75 Å². The lowest BCUT2D eigenvalue weighted by molar-refractivity contribution is -0.274. The molecular formula is C24H25F3N4O3. The Bertz CT molecular complexity index is 1150. The van der Waals surface area contributed by atoms with E-state index in [2.05, 4.69) is 14.7 Å². The molecule has 1 amide bonds. The Morgan fingerprint density at radius 1 is 1.06 bits per heavy atom. The first kappa shape index (κ1) is 22.6. The van der Waals surface area contributed by atoms with Crippen LogP contribution in [0.3, 0.4) is 0 Å². The van der Waals surface area contributed by atoms with Crippen LogP contribution in [-0.2, 0) is 4.74 Å². The molecule has 5 rings (SSSR count). The lowest BCUT2D eigenvalue weighted by Crippen LogP contribution is -2.37. The summed E-state index contributed by atoms with van der Waals surface area (Å²) >= 11 is 0. The van der Waals surface area contributed by atoms with E-state index in [0.717, 1.165) is 73.5 Å². The zero-order chi connectivity index (χ0) is 23.7. The Kier molecular flexibility index (Phi) is 6.16. The fourth-order valence-electron chi connectivity index (χ4n) is 4.80.